The van der Waals surface area contributed by atoms with Crippen molar-refractivity contribution in [3.05, 3.63) is 45.6 Å². The molecule has 0 unspecified atom stereocenters. The molecule has 3 N–H and O–H groups in total. The monoisotopic (exact) mass is 290 g/mol. The molecule has 1 aromatic carbocycles. The minimum atomic E-state index is -0.279. The molecule has 0 saturated heterocycles. The van der Waals surface area contributed by atoms with E-state index in [0.717, 1.165) is 16.9 Å². The summed E-state index contributed by atoms with van der Waals surface area (Å²) >= 11 is 1.13. The molecule has 20 heavy (non-hydrogen) atoms. The van der Waals surface area contributed by atoms with Gasteiger partial charge in [0.15, 0.2) is 0 Å². The molecular formula is C14H14N2O3S. The first kappa shape index (κ1) is 14.1. The van der Waals surface area contributed by atoms with Crippen molar-refractivity contribution in [1.29, 1.82) is 0 Å². The van der Waals surface area contributed by atoms with Crippen molar-refractivity contribution in [2.24, 2.45) is 0 Å². The van der Waals surface area contributed by atoms with Crippen LogP contribution in [-0.4, -0.2) is 24.0 Å². The van der Waals surface area contributed by atoms with Crippen LogP contribution in [0.25, 0.3) is 0 Å². The maximum atomic E-state index is 12.1. The number of hydrogen-bond acceptors (Lipinski definition) is 4. The van der Waals surface area contributed by atoms with Gasteiger partial charge in [-0.3, -0.25) is 9.59 Å². The van der Waals surface area contributed by atoms with Gasteiger partial charge in [0.2, 0.25) is 0 Å². The van der Waals surface area contributed by atoms with Crippen LogP contribution in [0.1, 0.15) is 24.9 Å². The summed E-state index contributed by atoms with van der Waals surface area (Å²) < 4.78 is 0. The Bertz CT molecular complexity index is 664. The van der Waals surface area contributed by atoms with E-state index < -0.39 is 0 Å². The van der Waals surface area contributed by atoms with Crippen LogP contribution < -0.4 is 10.6 Å². The van der Waals surface area contributed by atoms with Gasteiger partial charge in [0.05, 0.1) is 9.75 Å². The number of hydrogen-bond donors (Lipinski definition) is 3. The van der Waals surface area contributed by atoms with Crippen molar-refractivity contribution in [2.75, 3.05) is 12.4 Å². The van der Waals surface area contributed by atoms with Gasteiger partial charge in [0.1, 0.15) is 5.75 Å². The van der Waals surface area contributed by atoms with E-state index in [1.807, 2.05) is 0 Å². The quantitative estimate of drug-likeness (QED) is 0.759. The smallest absolute Gasteiger partial charge is 0.265 e. The Morgan fingerprint density at radius 2 is 1.75 bits per heavy atom. The average molecular weight is 290 g/mol. The average Bonchev–Trinajstić information content (AvgIpc) is 2.90. The third-order valence-corrected chi connectivity index (χ3v) is 3.82. The fraction of sp³-hybridized carbons (Fsp3) is 0.143. The topological polar surface area (TPSA) is 78.4 Å². The fourth-order valence-corrected chi connectivity index (χ4v) is 2.52. The van der Waals surface area contributed by atoms with Gasteiger partial charge in [-0.1, -0.05) is 0 Å². The third-order valence-electron chi connectivity index (χ3n) is 2.74. The summed E-state index contributed by atoms with van der Waals surface area (Å²) in [6.45, 7) is 1.79. The molecule has 0 saturated carbocycles. The number of carbonyl (C=O) groups is 2. The number of nitrogens with one attached hydrogen (secondary N) is 2. The van der Waals surface area contributed by atoms with Crippen molar-refractivity contribution in [1.82, 2.24) is 5.32 Å². The minimum Gasteiger partial charge on any atom is -0.508 e. The molecule has 5 nitrogen and oxygen atoms in total. The number of rotatable bonds is 3. The Hall–Kier alpha value is -2.34. The van der Waals surface area contributed by atoms with E-state index in [2.05, 4.69) is 10.6 Å². The number of benzene rings is 1. The molecule has 1 aromatic heterocycles. The standard InChI is InChI=1S/C14H14N2O3S/c1-8-7-9(17)3-4-10(8)16-14(19)12-6-5-11(20-12)13(18)15-2/h3-7,17H,1-2H3,(H,15,18)(H,16,19). The number of phenols is 1. The van der Waals surface area contributed by atoms with Crippen molar-refractivity contribution in [2.45, 2.75) is 6.92 Å². The minimum absolute atomic E-state index is 0.151. The van der Waals surface area contributed by atoms with E-state index in [0.29, 0.717) is 15.4 Å². The second-order valence-corrected chi connectivity index (χ2v) is 5.28. The van der Waals surface area contributed by atoms with Crippen molar-refractivity contribution in [3.63, 3.8) is 0 Å². The summed E-state index contributed by atoms with van der Waals surface area (Å²) in [5.41, 5.74) is 1.39. The van der Waals surface area contributed by atoms with Crippen LogP contribution in [0.15, 0.2) is 30.3 Å². The van der Waals surface area contributed by atoms with Crippen molar-refractivity contribution in [3.8, 4) is 5.75 Å². The van der Waals surface area contributed by atoms with E-state index in [9.17, 15) is 14.7 Å². The highest BCUT2D eigenvalue weighted by atomic mass is 32.1. The highest BCUT2D eigenvalue weighted by Gasteiger charge is 2.13. The van der Waals surface area contributed by atoms with Crippen molar-refractivity contribution >= 4 is 28.8 Å². The zero-order valence-corrected chi connectivity index (χ0v) is 11.9. The molecular weight excluding hydrogens is 276 g/mol. The maximum absolute atomic E-state index is 12.1. The largest absolute Gasteiger partial charge is 0.508 e. The van der Waals surface area contributed by atoms with Crippen LogP contribution in [-0.2, 0) is 0 Å². The zero-order valence-electron chi connectivity index (χ0n) is 11.1. The summed E-state index contributed by atoms with van der Waals surface area (Å²) in [7, 11) is 1.54. The lowest BCUT2D eigenvalue weighted by molar-refractivity contribution is 0.0966. The van der Waals surface area contributed by atoms with E-state index >= 15 is 0 Å². The molecule has 0 atom stereocenters. The Morgan fingerprint density at radius 3 is 2.35 bits per heavy atom. The summed E-state index contributed by atoms with van der Waals surface area (Å²) in [6, 6.07) is 7.94. The number of phenolic OH excluding ortho intramolecular Hbond substituents is 1. The maximum Gasteiger partial charge on any atom is 0.265 e. The SMILES string of the molecule is CNC(=O)c1ccc(C(=O)Nc2ccc(O)cc2C)s1. The summed E-state index contributed by atoms with van der Waals surface area (Å²) in [5.74, 6) is -0.340. The summed E-state index contributed by atoms with van der Waals surface area (Å²) in [6.07, 6.45) is 0. The number of aryl methyl sites for hydroxylation is 1. The van der Waals surface area contributed by atoms with Gasteiger partial charge >= 0.3 is 0 Å². The van der Waals surface area contributed by atoms with E-state index in [-0.39, 0.29) is 17.6 Å². The second kappa shape index (κ2) is 5.75. The van der Waals surface area contributed by atoms with Crippen LogP contribution in [0.3, 0.4) is 0 Å². The Morgan fingerprint density at radius 1 is 1.10 bits per heavy atom. The molecule has 0 fully saturated rings. The molecule has 2 aromatic rings. The molecule has 0 aliphatic rings. The predicted octanol–water partition coefficient (Wildman–Crippen LogP) is 2.37. The fourth-order valence-electron chi connectivity index (χ4n) is 1.68. The number of amides is 2. The highest BCUT2D eigenvalue weighted by molar-refractivity contribution is 7.16. The van der Waals surface area contributed by atoms with Crippen LogP contribution in [0.5, 0.6) is 5.75 Å². The molecule has 2 rings (SSSR count). The van der Waals surface area contributed by atoms with Gasteiger partial charge in [-0.2, -0.15) is 0 Å². The number of thiophene rings is 1. The molecule has 0 bridgehead atoms. The van der Waals surface area contributed by atoms with Crippen molar-refractivity contribution < 1.29 is 14.7 Å². The third kappa shape index (κ3) is 2.97. The molecule has 2 amide bonds. The Kier molecular flexibility index (Phi) is 4.05. The molecule has 0 spiro atoms. The van der Waals surface area contributed by atoms with Gasteiger partial charge in [-0.15, -0.1) is 11.3 Å². The normalized spacial score (nSPS) is 10.1. The lowest BCUT2D eigenvalue weighted by Gasteiger charge is -2.07. The number of aromatic hydroxyl groups is 1. The summed E-state index contributed by atoms with van der Waals surface area (Å²) in [4.78, 5) is 24.5. The van der Waals surface area contributed by atoms with Gasteiger partial charge in [-0.25, -0.2) is 0 Å². The second-order valence-electron chi connectivity index (χ2n) is 4.20. The number of anilines is 1. The zero-order chi connectivity index (χ0) is 14.7. The van der Waals surface area contributed by atoms with Crippen LogP contribution in [0.4, 0.5) is 5.69 Å². The predicted molar refractivity (Wildman–Crippen MR) is 78.5 cm³/mol. The molecule has 1 heterocycles. The molecule has 0 aliphatic carbocycles. The van der Waals surface area contributed by atoms with Gasteiger partial charge < -0.3 is 15.7 Å². The first-order chi connectivity index (χ1) is 9.51. The molecule has 104 valence electrons. The summed E-state index contributed by atoms with van der Waals surface area (Å²) in [5, 5.41) is 14.6. The van der Waals surface area contributed by atoms with Crippen LogP contribution in [0.2, 0.25) is 0 Å². The number of carbonyl (C=O) groups excluding carboxylic acids is 2. The van der Waals surface area contributed by atoms with Gasteiger partial charge in [0.25, 0.3) is 11.8 Å². The Balaban J connectivity index is 2.16. The lowest BCUT2D eigenvalue weighted by Crippen LogP contribution is -2.16. The lowest BCUT2D eigenvalue weighted by atomic mass is 10.2. The van der Waals surface area contributed by atoms with Gasteiger partial charge in [-0.05, 0) is 42.8 Å². The van der Waals surface area contributed by atoms with Crippen LogP contribution >= 0.6 is 11.3 Å². The molecule has 0 aliphatic heterocycles. The molecule has 0 radical (unpaired) electrons. The first-order valence-corrected chi connectivity index (χ1v) is 6.76. The van der Waals surface area contributed by atoms with Crippen LogP contribution in [0, 0.1) is 6.92 Å². The highest BCUT2D eigenvalue weighted by Crippen LogP contribution is 2.22. The van der Waals surface area contributed by atoms with E-state index in [1.54, 1.807) is 38.2 Å². The first-order valence-electron chi connectivity index (χ1n) is 5.94. The van der Waals surface area contributed by atoms with E-state index in [4.69, 9.17) is 0 Å². The Labute approximate surface area is 120 Å². The molecule has 6 heteroatoms. The van der Waals surface area contributed by atoms with Gasteiger partial charge in [0, 0.05) is 12.7 Å². The van der Waals surface area contributed by atoms with E-state index in [1.165, 1.54) is 6.07 Å².